The van der Waals surface area contributed by atoms with E-state index < -0.39 is 29.8 Å². The minimum Gasteiger partial charge on any atom is -0.457 e. The van der Waals surface area contributed by atoms with Gasteiger partial charge in [-0.1, -0.05) is 6.58 Å². The van der Waals surface area contributed by atoms with Crippen LogP contribution in [0, 0.1) is 11.8 Å². The van der Waals surface area contributed by atoms with Crippen LogP contribution in [0.15, 0.2) is 12.7 Å². The lowest BCUT2D eigenvalue weighted by molar-refractivity contribution is -0.229. The largest absolute Gasteiger partial charge is 0.457 e. The van der Waals surface area contributed by atoms with Crippen molar-refractivity contribution in [1.29, 1.82) is 0 Å². The summed E-state index contributed by atoms with van der Waals surface area (Å²) in [5.41, 5.74) is -1.18. The maximum Gasteiger partial charge on any atom is 0.338 e. The zero-order valence-electron chi connectivity index (χ0n) is 11.4. The molecule has 110 valence electrons. The Morgan fingerprint density at radius 3 is 2.20 bits per heavy atom. The van der Waals surface area contributed by atoms with E-state index in [1.54, 1.807) is 0 Å². The smallest absolute Gasteiger partial charge is 0.338 e. The van der Waals surface area contributed by atoms with E-state index in [2.05, 4.69) is 6.58 Å². The number of halogens is 1. The summed E-state index contributed by atoms with van der Waals surface area (Å²) in [5, 5.41) is 0. The molecule has 4 bridgehead atoms. The van der Waals surface area contributed by atoms with E-state index in [0.29, 0.717) is 18.3 Å². The zero-order chi connectivity index (χ0) is 14.4. The molecule has 0 aromatic heterocycles. The first kappa shape index (κ1) is 13.6. The normalized spacial score (nSPS) is 41.2. The van der Waals surface area contributed by atoms with Crippen LogP contribution in [-0.2, 0) is 19.1 Å². The zero-order valence-corrected chi connectivity index (χ0v) is 11.4. The number of carbonyl (C=O) groups excluding carboxylic acids is 2. The van der Waals surface area contributed by atoms with Crippen LogP contribution < -0.4 is 0 Å². The van der Waals surface area contributed by atoms with Crippen LogP contribution in [0.4, 0.5) is 4.39 Å². The maximum atomic E-state index is 12.5. The summed E-state index contributed by atoms with van der Waals surface area (Å²) in [7, 11) is 0. The second-order valence-corrected chi connectivity index (χ2v) is 6.56. The van der Waals surface area contributed by atoms with Gasteiger partial charge >= 0.3 is 11.9 Å². The van der Waals surface area contributed by atoms with E-state index in [9.17, 15) is 14.0 Å². The number of carbonyl (C=O) groups is 2. The molecule has 4 saturated carbocycles. The molecular formula is C15H19FO4. The van der Waals surface area contributed by atoms with E-state index in [1.807, 2.05) is 0 Å². The van der Waals surface area contributed by atoms with Crippen LogP contribution in [0.1, 0.15) is 38.5 Å². The van der Waals surface area contributed by atoms with E-state index in [4.69, 9.17) is 9.47 Å². The molecule has 20 heavy (non-hydrogen) atoms. The van der Waals surface area contributed by atoms with Crippen LogP contribution in [0.3, 0.4) is 0 Å². The summed E-state index contributed by atoms with van der Waals surface area (Å²) in [4.78, 5) is 22.9. The molecule has 0 radical (unpaired) electrons. The molecule has 4 fully saturated rings. The molecule has 0 aromatic rings. The Labute approximate surface area is 117 Å². The van der Waals surface area contributed by atoms with E-state index >= 15 is 0 Å². The van der Waals surface area contributed by atoms with Crippen molar-refractivity contribution < 1.29 is 23.5 Å². The highest BCUT2D eigenvalue weighted by molar-refractivity contribution is 5.81. The molecule has 0 aromatic carbocycles. The highest BCUT2D eigenvalue weighted by Crippen LogP contribution is 2.60. The Bertz CT molecular complexity index is 445. The lowest BCUT2D eigenvalue weighted by atomic mass is 9.52. The van der Waals surface area contributed by atoms with Gasteiger partial charge in [0.05, 0.1) is 0 Å². The topological polar surface area (TPSA) is 52.6 Å². The third-order valence-corrected chi connectivity index (χ3v) is 4.88. The van der Waals surface area contributed by atoms with Crippen molar-refractivity contribution in [3.63, 3.8) is 0 Å². The van der Waals surface area contributed by atoms with Gasteiger partial charge in [0.25, 0.3) is 0 Å². The minimum atomic E-state index is -1.10. The number of alkyl halides is 1. The summed E-state index contributed by atoms with van der Waals surface area (Å²) in [6, 6.07) is 0. The van der Waals surface area contributed by atoms with E-state index in [0.717, 1.165) is 32.1 Å². The van der Waals surface area contributed by atoms with E-state index in [-0.39, 0.29) is 0 Å². The molecule has 0 amide bonds. The molecule has 0 saturated heterocycles. The quantitative estimate of drug-likeness (QED) is 0.586. The molecule has 4 rings (SSSR count). The molecule has 0 spiro atoms. The molecule has 2 atom stereocenters. The standard InChI is InChI=1S/C15H19FO4/c1-2-12(17)19-14-4-10-3-11(5-14)7-15(6-10,9-14)20-13(18)8-16/h2,10-11H,1,3-9H2. The summed E-state index contributed by atoms with van der Waals surface area (Å²) < 4.78 is 23.5. The first-order chi connectivity index (χ1) is 9.48. The molecule has 0 N–H and O–H groups in total. The summed E-state index contributed by atoms with van der Waals surface area (Å²) in [5.74, 6) is -0.460. The van der Waals surface area contributed by atoms with Gasteiger partial charge in [-0.3, -0.25) is 0 Å². The fourth-order valence-electron chi connectivity index (χ4n) is 4.86. The monoisotopic (exact) mass is 282 g/mol. The maximum absolute atomic E-state index is 12.5. The second kappa shape index (κ2) is 4.57. The lowest BCUT2D eigenvalue weighted by Crippen LogP contribution is -2.61. The van der Waals surface area contributed by atoms with Crippen molar-refractivity contribution in [3.8, 4) is 0 Å². The first-order valence-corrected chi connectivity index (χ1v) is 7.11. The summed E-state index contributed by atoms with van der Waals surface area (Å²) in [6.07, 6.45) is 5.92. The third kappa shape index (κ3) is 2.23. The highest BCUT2D eigenvalue weighted by atomic mass is 19.1. The van der Waals surface area contributed by atoms with Crippen molar-refractivity contribution in [2.45, 2.75) is 49.7 Å². The van der Waals surface area contributed by atoms with Crippen molar-refractivity contribution >= 4 is 11.9 Å². The van der Waals surface area contributed by atoms with Crippen LogP contribution in [0.2, 0.25) is 0 Å². The Balaban J connectivity index is 1.83. The Morgan fingerprint density at radius 1 is 1.15 bits per heavy atom. The van der Waals surface area contributed by atoms with Crippen LogP contribution in [0.25, 0.3) is 0 Å². The fraction of sp³-hybridized carbons (Fsp3) is 0.733. The summed E-state index contributed by atoms with van der Waals surface area (Å²) in [6.45, 7) is 2.33. The van der Waals surface area contributed by atoms with Gasteiger partial charge < -0.3 is 9.47 Å². The van der Waals surface area contributed by atoms with Crippen molar-refractivity contribution in [2.75, 3.05) is 6.67 Å². The van der Waals surface area contributed by atoms with Crippen molar-refractivity contribution in [2.24, 2.45) is 11.8 Å². The minimum absolute atomic E-state index is 0.390. The Morgan fingerprint density at radius 2 is 1.70 bits per heavy atom. The third-order valence-electron chi connectivity index (χ3n) is 4.88. The molecule has 4 aliphatic rings. The first-order valence-electron chi connectivity index (χ1n) is 7.11. The van der Waals surface area contributed by atoms with Crippen molar-refractivity contribution in [1.82, 2.24) is 0 Å². The van der Waals surface area contributed by atoms with E-state index in [1.165, 1.54) is 6.08 Å². The Hall–Kier alpha value is -1.39. The molecule has 5 heteroatoms. The van der Waals surface area contributed by atoms with Crippen molar-refractivity contribution in [3.05, 3.63) is 12.7 Å². The molecule has 0 aliphatic heterocycles. The van der Waals surface area contributed by atoms with Gasteiger partial charge in [-0.05, 0) is 43.9 Å². The number of hydrogen-bond donors (Lipinski definition) is 0. The fourth-order valence-corrected chi connectivity index (χ4v) is 4.86. The highest BCUT2D eigenvalue weighted by Gasteiger charge is 2.61. The van der Waals surface area contributed by atoms with Crippen LogP contribution in [-0.4, -0.2) is 29.8 Å². The SMILES string of the molecule is C=CC(=O)OC12CC3CC(C1)CC(OC(=O)CF)(C3)C2. The van der Waals surface area contributed by atoms with Gasteiger partial charge in [-0.2, -0.15) is 0 Å². The van der Waals surface area contributed by atoms with Gasteiger partial charge in [0.15, 0.2) is 6.67 Å². The number of rotatable bonds is 4. The van der Waals surface area contributed by atoms with Gasteiger partial charge in [0.1, 0.15) is 11.2 Å². The number of ether oxygens (including phenoxy) is 2. The Kier molecular flexibility index (Phi) is 3.10. The predicted octanol–water partition coefficient (Wildman–Crippen LogP) is 2.32. The predicted molar refractivity (Wildman–Crippen MR) is 68.5 cm³/mol. The molecule has 4 nitrogen and oxygen atoms in total. The molecular weight excluding hydrogens is 263 g/mol. The van der Waals surface area contributed by atoms with Crippen LogP contribution >= 0.6 is 0 Å². The number of esters is 2. The second-order valence-electron chi connectivity index (χ2n) is 6.56. The van der Waals surface area contributed by atoms with Gasteiger partial charge in [0.2, 0.25) is 0 Å². The van der Waals surface area contributed by atoms with Gasteiger partial charge in [0, 0.05) is 12.5 Å². The average molecular weight is 282 g/mol. The molecule has 4 aliphatic carbocycles. The van der Waals surface area contributed by atoms with Gasteiger partial charge in [-0.15, -0.1) is 0 Å². The number of hydrogen-bond acceptors (Lipinski definition) is 4. The van der Waals surface area contributed by atoms with Crippen LogP contribution in [0.5, 0.6) is 0 Å². The van der Waals surface area contributed by atoms with Gasteiger partial charge in [-0.25, -0.2) is 14.0 Å². The molecule has 2 unspecified atom stereocenters. The summed E-state index contributed by atoms with van der Waals surface area (Å²) >= 11 is 0. The lowest BCUT2D eigenvalue weighted by Gasteiger charge is -2.60. The average Bonchev–Trinajstić information content (AvgIpc) is 2.35. The molecule has 0 heterocycles.